The minimum atomic E-state index is -4.18. The highest BCUT2D eigenvalue weighted by Gasteiger charge is 2.07. The summed E-state index contributed by atoms with van der Waals surface area (Å²) in [6, 6.07) is 0. The summed E-state index contributed by atoms with van der Waals surface area (Å²) < 4.78 is 13.0. The van der Waals surface area contributed by atoms with Crippen LogP contribution in [0.15, 0.2) is 0 Å². The van der Waals surface area contributed by atoms with Crippen LogP contribution in [0.1, 0.15) is 0 Å². The van der Waals surface area contributed by atoms with E-state index in [1.807, 2.05) is 0 Å². The van der Waals surface area contributed by atoms with E-state index in [1.165, 1.54) is 9.47 Å². The monoisotopic (exact) mass is 181 g/mol. The molecule has 0 aliphatic rings. The van der Waals surface area contributed by atoms with E-state index in [9.17, 15) is 4.57 Å². The maximum Gasteiger partial charge on any atom is 0.472 e. The van der Waals surface area contributed by atoms with Crippen molar-refractivity contribution < 1.29 is 18.7 Å². The molecule has 1 unspecified atom stereocenters. The minimum Gasteiger partial charge on any atom is -0.344 e. The van der Waals surface area contributed by atoms with Crippen LogP contribution in [-0.4, -0.2) is 9.79 Å². The summed E-state index contributed by atoms with van der Waals surface area (Å²) in [6.45, 7) is 0. The number of rotatable bonds is 1. The molecule has 0 heterocycles. The van der Waals surface area contributed by atoms with Gasteiger partial charge >= 0.3 is 7.82 Å². The van der Waals surface area contributed by atoms with E-state index in [1.54, 1.807) is 0 Å². The van der Waals surface area contributed by atoms with Gasteiger partial charge in [0.2, 0.25) is 0 Å². The molecule has 0 saturated heterocycles. The molecular weight excluding hydrogens is 168 g/mol. The van der Waals surface area contributed by atoms with Crippen LogP contribution >= 0.6 is 17.3 Å². The third-order valence-corrected chi connectivity index (χ3v) is 1.24. The SMILES string of the molecule is N.N.N.O=P(O)(O)OP. The molecule has 0 aromatic heterocycles. The smallest absolute Gasteiger partial charge is 0.344 e. The van der Waals surface area contributed by atoms with Gasteiger partial charge in [-0.05, 0) is 0 Å². The van der Waals surface area contributed by atoms with E-state index in [-0.39, 0.29) is 18.5 Å². The molecule has 7 nitrogen and oxygen atoms in total. The molecule has 11 N–H and O–H groups in total. The van der Waals surface area contributed by atoms with E-state index >= 15 is 0 Å². The first-order chi connectivity index (χ1) is 2.56. The average Bonchev–Trinajstić information content (AvgIpc) is 1.35. The number of hydrogen-bond donors (Lipinski definition) is 5. The summed E-state index contributed by atoms with van der Waals surface area (Å²) in [5.74, 6) is 0. The molecular formula is H13N3O4P2. The molecule has 0 aliphatic carbocycles. The number of phosphoric acid groups is 1. The first-order valence-corrected chi connectivity index (χ1v) is 3.00. The van der Waals surface area contributed by atoms with Gasteiger partial charge in [0.25, 0.3) is 0 Å². The van der Waals surface area contributed by atoms with E-state index in [0.717, 1.165) is 0 Å². The summed E-state index contributed by atoms with van der Waals surface area (Å²) in [5.41, 5.74) is 0. The van der Waals surface area contributed by atoms with E-state index in [0.29, 0.717) is 0 Å². The average molecular weight is 181 g/mol. The molecule has 9 heavy (non-hydrogen) atoms. The highest BCUT2D eigenvalue weighted by atomic mass is 31.2. The van der Waals surface area contributed by atoms with Crippen molar-refractivity contribution in [3.8, 4) is 0 Å². The summed E-state index contributed by atoms with van der Waals surface area (Å²) >= 11 is 0. The largest absolute Gasteiger partial charge is 0.472 e. The Balaban J connectivity index is -0.0000000417. The lowest BCUT2D eigenvalue weighted by Crippen LogP contribution is -1.69. The van der Waals surface area contributed by atoms with E-state index in [4.69, 9.17) is 9.79 Å². The van der Waals surface area contributed by atoms with Crippen LogP contribution < -0.4 is 18.5 Å². The first kappa shape index (κ1) is 22.7. The van der Waals surface area contributed by atoms with Gasteiger partial charge in [-0.3, -0.25) is 4.31 Å². The van der Waals surface area contributed by atoms with Crippen LogP contribution in [0, 0.1) is 0 Å². The van der Waals surface area contributed by atoms with Crippen LogP contribution in [0.4, 0.5) is 0 Å². The molecule has 9 heteroatoms. The van der Waals surface area contributed by atoms with E-state index < -0.39 is 7.82 Å². The topological polar surface area (TPSA) is 172 Å². The number of hydrogen-bond acceptors (Lipinski definition) is 5. The van der Waals surface area contributed by atoms with Crippen LogP contribution in [0.3, 0.4) is 0 Å². The first-order valence-electron chi connectivity index (χ1n) is 1.00. The Labute approximate surface area is 55.4 Å². The Morgan fingerprint density at radius 2 is 1.33 bits per heavy atom. The molecule has 0 aromatic carbocycles. The second kappa shape index (κ2) is 8.42. The van der Waals surface area contributed by atoms with Crippen molar-refractivity contribution in [2.45, 2.75) is 0 Å². The van der Waals surface area contributed by atoms with Crippen molar-refractivity contribution in [2.24, 2.45) is 0 Å². The molecule has 0 aromatic rings. The highest BCUT2D eigenvalue weighted by molar-refractivity contribution is 7.51. The van der Waals surface area contributed by atoms with Gasteiger partial charge in [0.15, 0.2) is 0 Å². The zero-order valence-electron chi connectivity index (χ0n) is 4.86. The molecule has 0 amide bonds. The zero-order chi connectivity index (χ0) is 5.21. The lowest BCUT2D eigenvalue weighted by Gasteiger charge is -1.93. The third kappa shape index (κ3) is 29.7. The van der Waals surface area contributed by atoms with Gasteiger partial charge in [-0.15, -0.1) is 0 Å². The van der Waals surface area contributed by atoms with Gasteiger partial charge in [0.1, 0.15) is 0 Å². The van der Waals surface area contributed by atoms with Crippen molar-refractivity contribution in [1.29, 1.82) is 0 Å². The van der Waals surface area contributed by atoms with Crippen LogP contribution in [0.5, 0.6) is 0 Å². The molecule has 0 bridgehead atoms. The Bertz CT molecular complexity index is 77.9. The van der Waals surface area contributed by atoms with Gasteiger partial charge in [-0.1, -0.05) is 0 Å². The zero-order valence-corrected chi connectivity index (χ0v) is 6.91. The van der Waals surface area contributed by atoms with Crippen LogP contribution in [-0.2, 0) is 8.88 Å². The predicted octanol–water partition coefficient (Wildman–Crippen LogP) is 0.372. The molecule has 62 valence electrons. The summed E-state index contributed by atoms with van der Waals surface area (Å²) in [7, 11) is -2.72. The summed E-state index contributed by atoms with van der Waals surface area (Å²) in [5, 5.41) is 0. The quantitative estimate of drug-likeness (QED) is 0.363. The fraction of sp³-hybridized carbons (Fsp3) is 0. The molecule has 0 radical (unpaired) electrons. The van der Waals surface area contributed by atoms with Crippen LogP contribution in [0.25, 0.3) is 0 Å². The van der Waals surface area contributed by atoms with Crippen molar-refractivity contribution in [3.63, 3.8) is 0 Å². The van der Waals surface area contributed by atoms with Gasteiger partial charge in [0.05, 0.1) is 0 Å². The van der Waals surface area contributed by atoms with Gasteiger partial charge in [-0.2, -0.15) is 0 Å². The maximum absolute atomic E-state index is 9.45. The summed E-state index contributed by atoms with van der Waals surface area (Å²) in [6.07, 6.45) is 0. The minimum absolute atomic E-state index is 0. The fourth-order valence-corrected chi connectivity index (χ4v) is 0. The fourth-order valence-electron chi connectivity index (χ4n) is 0. The van der Waals surface area contributed by atoms with Gasteiger partial charge in [0, 0.05) is 9.47 Å². The Hall–Kier alpha value is 0.420. The van der Waals surface area contributed by atoms with Crippen molar-refractivity contribution in [3.05, 3.63) is 0 Å². The second-order valence-electron chi connectivity index (χ2n) is 0.596. The van der Waals surface area contributed by atoms with Crippen molar-refractivity contribution in [2.75, 3.05) is 0 Å². The second-order valence-corrected chi connectivity index (χ2v) is 2.42. The molecule has 0 aliphatic heterocycles. The maximum atomic E-state index is 9.45. The normalized spacial score (nSPS) is 7.89. The van der Waals surface area contributed by atoms with Gasteiger partial charge in [-0.25, -0.2) is 4.57 Å². The Morgan fingerprint density at radius 3 is 1.33 bits per heavy atom. The molecule has 0 spiro atoms. The molecule has 0 fully saturated rings. The molecule has 0 saturated carbocycles. The third-order valence-electron chi connectivity index (χ3n) is 0.137. The standard InChI is InChI=1S/3H3N.H4O4P2/c;;;1-6(2,3)4-5/h3*1H3;5H2,(H2,1,2,3). The summed E-state index contributed by atoms with van der Waals surface area (Å²) in [4.78, 5) is 15.4. The predicted molar refractivity (Wildman–Crippen MR) is 37.9 cm³/mol. The Morgan fingerprint density at radius 1 is 1.22 bits per heavy atom. The van der Waals surface area contributed by atoms with Crippen LogP contribution in [0.2, 0.25) is 0 Å². The highest BCUT2D eigenvalue weighted by Crippen LogP contribution is 2.38. The van der Waals surface area contributed by atoms with Gasteiger partial charge < -0.3 is 28.2 Å². The lowest BCUT2D eigenvalue weighted by atomic mass is 14.0. The molecule has 1 atom stereocenters. The Kier molecular flexibility index (Phi) is 21.3. The lowest BCUT2D eigenvalue weighted by molar-refractivity contribution is 0.298. The van der Waals surface area contributed by atoms with Crippen molar-refractivity contribution in [1.82, 2.24) is 18.5 Å². The molecule has 0 rings (SSSR count). The van der Waals surface area contributed by atoms with E-state index in [2.05, 4.69) is 4.31 Å². The van der Waals surface area contributed by atoms with Crippen molar-refractivity contribution >= 4 is 17.3 Å².